The van der Waals surface area contributed by atoms with E-state index >= 15 is 0 Å². The summed E-state index contributed by atoms with van der Waals surface area (Å²) in [5, 5.41) is 0. The van der Waals surface area contributed by atoms with Gasteiger partial charge in [-0.15, -0.1) is 0 Å². The third kappa shape index (κ3) is 2.21. The van der Waals surface area contributed by atoms with Crippen LogP contribution < -0.4 is 0 Å². The van der Waals surface area contributed by atoms with Crippen LogP contribution in [0.3, 0.4) is 0 Å². The molecule has 100 valence electrons. The third-order valence-corrected chi connectivity index (χ3v) is 4.06. The molecule has 0 radical (unpaired) electrons. The molecule has 0 bridgehead atoms. The number of carbonyl (C=O) groups excluding carboxylic acids is 2. The van der Waals surface area contributed by atoms with Crippen LogP contribution in [0.1, 0.15) is 34.1 Å². The molecule has 2 aliphatic rings. The first kappa shape index (κ1) is 13.3. The van der Waals surface area contributed by atoms with Crippen molar-refractivity contribution in [2.45, 2.75) is 46.4 Å². The Labute approximate surface area is 108 Å². The molecule has 2 aliphatic heterocycles. The van der Waals surface area contributed by atoms with Crippen LogP contribution in [0.4, 0.5) is 0 Å². The van der Waals surface area contributed by atoms with E-state index in [4.69, 9.17) is 4.74 Å². The maximum absolute atomic E-state index is 11.9. The van der Waals surface area contributed by atoms with Gasteiger partial charge in [-0.3, -0.25) is 14.5 Å². The summed E-state index contributed by atoms with van der Waals surface area (Å²) in [4.78, 5) is 24.7. The van der Waals surface area contributed by atoms with E-state index in [-0.39, 0.29) is 36.4 Å². The minimum atomic E-state index is -0.232. The van der Waals surface area contributed by atoms with Crippen LogP contribution in [0.15, 0.2) is 12.3 Å². The molecule has 0 saturated carbocycles. The zero-order valence-electron chi connectivity index (χ0n) is 11.4. The predicted octanol–water partition coefficient (Wildman–Crippen LogP) is 1.95. The van der Waals surface area contributed by atoms with Crippen LogP contribution in [-0.4, -0.2) is 28.9 Å². The van der Waals surface area contributed by atoms with Crippen molar-refractivity contribution in [3.63, 3.8) is 0 Å². The van der Waals surface area contributed by atoms with Crippen molar-refractivity contribution < 1.29 is 14.3 Å². The Bertz CT molecular complexity index is 389. The maximum atomic E-state index is 11.9. The van der Waals surface area contributed by atoms with Crippen molar-refractivity contribution in [3.8, 4) is 0 Å². The fourth-order valence-electron chi connectivity index (χ4n) is 2.82. The molecule has 0 aromatic carbocycles. The number of amides is 1. The lowest BCUT2D eigenvalue weighted by Gasteiger charge is -2.30. The van der Waals surface area contributed by atoms with E-state index in [1.807, 2.05) is 0 Å². The van der Waals surface area contributed by atoms with Gasteiger partial charge in [0.25, 0.3) is 0 Å². The van der Waals surface area contributed by atoms with Crippen LogP contribution >= 0.6 is 0 Å². The Balaban J connectivity index is 2.17. The molecular formula is C14H21NO3. The quantitative estimate of drug-likeness (QED) is 0.705. The lowest BCUT2D eigenvalue weighted by Crippen LogP contribution is -2.42. The van der Waals surface area contributed by atoms with Gasteiger partial charge in [0.2, 0.25) is 5.91 Å². The van der Waals surface area contributed by atoms with E-state index in [1.54, 1.807) is 11.1 Å². The van der Waals surface area contributed by atoms with Crippen LogP contribution in [0.5, 0.6) is 0 Å². The highest BCUT2D eigenvalue weighted by Crippen LogP contribution is 2.38. The summed E-state index contributed by atoms with van der Waals surface area (Å²) in [6, 6.07) is 0. The lowest BCUT2D eigenvalue weighted by molar-refractivity contribution is -0.145. The highest BCUT2D eigenvalue weighted by molar-refractivity contribution is 6.06. The first-order chi connectivity index (χ1) is 8.41. The van der Waals surface area contributed by atoms with Crippen LogP contribution in [-0.2, 0) is 14.3 Å². The van der Waals surface area contributed by atoms with Gasteiger partial charge in [0.05, 0.1) is 12.5 Å². The number of hydrogen-bond acceptors (Lipinski definition) is 3. The molecule has 4 atom stereocenters. The van der Waals surface area contributed by atoms with E-state index in [9.17, 15) is 9.59 Å². The summed E-state index contributed by atoms with van der Waals surface area (Å²) < 4.78 is 6.04. The van der Waals surface area contributed by atoms with Crippen molar-refractivity contribution in [3.05, 3.63) is 12.3 Å². The van der Waals surface area contributed by atoms with Crippen LogP contribution in [0.2, 0.25) is 0 Å². The molecule has 0 aromatic heterocycles. The van der Waals surface area contributed by atoms with Gasteiger partial charge in [0.15, 0.2) is 5.78 Å². The normalized spacial score (nSPS) is 36.8. The average Bonchev–Trinajstić information content (AvgIpc) is 2.57. The Kier molecular flexibility index (Phi) is 3.57. The van der Waals surface area contributed by atoms with E-state index in [0.717, 1.165) is 0 Å². The van der Waals surface area contributed by atoms with E-state index in [2.05, 4.69) is 27.7 Å². The van der Waals surface area contributed by atoms with Gasteiger partial charge in [-0.1, -0.05) is 27.7 Å². The molecule has 0 spiro atoms. The second-order valence-electron chi connectivity index (χ2n) is 5.71. The van der Waals surface area contributed by atoms with Crippen molar-refractivity contribution in [2.75, 3.05) is 0 Å². The fourth-order valence-corrected chi connectivity index (χ4v) is 2.82. The van der Waals surface area contributed by atoms with Crippen molar-refractivity contribution in [1.29, 1.82) is 0 Å². The monoisotopic (exact) mass is 251 g/mol. The molecule has 1 fully saturated rings. The minimum Gasteiger partial charge on any atom is -0.354 e. The van der Waals surface area contributed by atoms with Gasteiger partial charge in [-0.2, -0.15) is 0 Å². The molecule has 2 heterocycles. The fraction of sp³-hybridized carbons (Fsp3) is 0.714. The number of ether oxygens (including phenoxy) is 1. The third-order valence-electron chi connectivity index (χ3n) is 4.06. The van der Waals surface area contributed by atoms with E-state index in [1.165, 1.54) is 6.08 Å². The first-order valence-corrected chi connectivity index (χ1v) is 6.59. The smallest absolute Gasteiger partial charge is 0.236 e. The predicted molar refractivity (Wildman–Crippen MR) is 67.4 cm³/mol. The molecule has 4 nitrogen and oxygen atoms in total. The molecule has 0 N–H and O–H groups in total. The molecule has 0 aliphatic carbocycles. The second-order valence-corrected chi connectivity index (χ2v) is 5.71. The molecule has 0 aromatic rings. The first-order valence-electron chi connectivity index (χ1n) is 6.59. The van der Waals surface area contributed by atoms with Gasteiger partial charge in [-0.05, 0) is 17.9 Å². The number of nitrogens with zero attached hydrogens (tertiary/aromatic N) is 1. The molecule has 0 unspecified atom stereocenters. The summed E-state index contributed by atoms with van der Waals surface area (Å²) in [5.74, 6) is 0.831. The zero-order chi connectivity index (χ0) is 13.4. The van der Waals surface area contributed by atoms with Gasteiger partial charge < -0.3 is 4.74 Å². The molecule has 1 saturated heterocycles. The molecule has 1 amide bonds. The maximum Gasteiger partial charge on any atom is 0.236 e. The standard InChI is InChI=1S/C14H21NO3/c1-8(2)13-9(3)10(4)14(18-13)15-6-5-11(16)7-12(15)17/h5-6,8-10,13-14H,7H2,1-4H3/t9-,10-,13+,14+/m0/s1. The van der Waals surface area contributed by atoms with Gasteiger partial charge in [-0.25, -0.2) is 0 Å². The second kappa shape index (κ2) is 4.84. The average molecular weight is 251 g/mol. The minimum absolute atomic E-state index is 0.0379. The topological polar surface area (TPSA) is 46.6 Å². The van der Waals surface area contributed by atoms with Gasteiger partial charge in [0, 0.05) is 12.1 Å². The van der Waals surface area contributed by atoms with Gasteiger partial charge in [0.1, 0.15) is 6.23 Å². The number of hydrogen-bond donors (Lipinski definition) is 0. The number of carbonyl (C=O) groups is 2. The summed E-state index contributed by atoms with van der Waals surface area (Å²) in [6.07, 6.45) is 2.94. The van der Waals surface area contributed by atoms with Crippen molar-refractivity contribution in [2.24, 2.45) is 17.8 Å². The van der Waals surface area contributed by atoms with Crippen molar-refractivity contribution >= 4 is 11.7 Å². The Hall–Kier alpha value is -1.16. The van der Waals surface area contributed by atoms with Crippen molar-refractivity contribution in [1.82, 2.24) is 4.90 Å². The molecule has 18 heavy (non-hydrogen) atoms. The van der Waals surface area contributed by atoms with E-state index < -0.39 is 0 Å². The summed E-state index contributed by atoms with van der Waals surface area (Å²) in [5.41, 5.74) is 0. The Morgan fingerprint density at radius 2 is 1.94 bits per heavy atom. The number of ketones is 1. The highest BCUT2D eigenvalue weighted by atomic mass is 16.5. The van der Waals surface area contributed by atoms with Gasteiger partial charge >= 0.3 is 0 Å². The van der Waals surface area contributed by atoms with Crippen LogP contribution in [0.25, 0.3) is 0 Å². The molecule has 4 heteroatoms. The lowest BCUT2D eigenvalue weighted by atomic mass is 9.87. The zero-order valence-corrected chi connectivity index (χ0v) is 11.4. The Morgan fingerprint density at radius 3 is 2.44 bits per heavy atom. The van der Waals surface area contributed by atoms with Crippen LogP contribution in [0, 0.1) is 17.8 Å². The summed E-state index contributed by atoms with van der Waals surface area (Å²) in [6.45, 7) is 8.54. The largest absolute Gasteiger partial charge is 0.354 e. The summed E-state index contributed by atoms with van der Waals surface area (Å²) >= 11 is 0. The highest BCUT2D eigenvalue weighted by Gasteiger charge is 2.44. The Morgan fingerprint density at radius 1 is 1.28 bits per heavy atom. The summed E-state index contributed by atoms with van der Waals surface area (Å²) in [7, 11) is 0. The SMILES string of the molecule is CC(C)[C@H]1O[C@@H](N2C=CC(=O)CC2=O)[C@@H](C)[C@@H]1C. The number of allylic oxidation sites excluding steroid dienone is 1. The number of rotatable bonds is 2. The van der Waals surface area contributed by atoms with E-state index in [0.29, 0.717) is 11.8 Å². The molecular weight excluding hydrogens is 230 g/mol. The molecule has 2 rings (SSSR count).